The largest absolute Gasteiger partial charge is 0.372 e. The Labute approximate surface area is 282 Å². The Bertz CT molecular complexity index is 1490. The minimum absolute atomic E-state index is 0.145. The molecule has 0 aliphatic heterocycles. The lowest BCUT2D eigenvalue weighted by Gasteiger charge is -2.27. The zero-order valence-corrected chi connectivity index (χ0v) is 30.1. The van der Waals surface area contributed by atoms with E-state index in [-0.39, 0.29) is 24.5 Å². The summed E-state index contributed by atoms with van der Waals surface area (Å²) in [4.78, 5) is 33.6. The van der Waals surface area contributed by atoms with Gasteiger partial charge < -0.3 is 36.6 Å². The summed E-state index contributed by atoms with van der Waals surface area (Å²) in [6, 6.07) is 15.5. The van der Waals surface area contributed by atoms with Crippen LogP contribution < -0.4 is 36.6 Å². The molecular formula is C38H57N7O2. The molecule has 3 aromatic carbocycles. The molecule has 47 heavy (non-hydrogen) atoms. The number of nitrogens with two attached hydrogens (primary N) is 1. The summed E-state index contributed by atoms with van der Waals surface area (Å²) in [5.41, 5.74) is 22.6. The highest BCUT2D eigenvalue weighted by atomic mass is 16.1. The standard InChI is InChI=1S/C38H57N7O2/c1-10-43(11-2)29-16-19-33(26(7)22-29)40-37(46)21-18-32(39)38(47)31-25-35(28(9)24-36(31)45(14-5)15-6)42-41-34-20-17-30(23-27(34)8)44(12-3)13-4/h16-17,19-20,22-25,32,41-42H,10-15,18,21,39H2,1-9H3,(H,40,46). The average molecular weight is 644 g/mol. The number of hydrogen-bond donors (Lipinski definition) is 4. The van der Waals surface area contributed by atoms with Gasteiger partial charge in [-0.1, -0.05) is 0 Å². The Hall–Kier alpha value is -4.24. The number of carbonyl (C=O) groups excluding carboxylic acids is 2. The summed E-state index contributed by atoms with van der Waals surface area (Å²) in [6.45, 7) is 24.1. The number of Topliss-reactive ketones (excluding diaryl/α,β-unsaturated/α-hetero) is 1. The zero-order chi connectivity index (χ0) is 34.7. The molecule has 9 heteroatoms. The van der Waals surface area contributed by atoms with Crippen molar-refractivity contribution in [2.45, 2.75) is 81.2 Å². The molecule has 3 rings (SSSR count). The number of rotatable bonds is 18. The van der Waals surface area contributed by atoms with Crippen LogP contribution in [-0.4, -0.2) is 57.0 Å². The van der Waals surface area contributed by atoms with Crippen molar-refractivity contribution in [3.05, 3.63) is 70.8 Å². The molecule has 0 aromatic heterocycles. The van der Waals surface area contributed by atoms with Crippen molar-refractivity contribution in [1.82, 2.24) is 0 Å². The molecule has 0 saturated carbocycles. The Morgan fingerprint density at radius 1 is 0.638 bits per heavy atom. The Kier molecular flexibility index (Phi) is 13.9. The van der Waals surface area contributed by atoms with Crippen LogP contribution in [0.25, 0.3) is 0 Å². The van der Waals surface area contributed by atoms with Gasteiger partial charge in [-0.05, 0) is 134 Å². The number of hydrogen-bond acceptors (Lipinski definition) is 8. The SMILES string of the molecule is CCN(CC)c1ccc(NNc2cc(C(=O)C(N)CCC(=O)Nc3ccc(N(CC)CC)cc3C)c(N(CC)CC)cc2C)c(C)c1. The van der Waals surface area contributed by atoms with E-state index in [9.17, 15) is 9.59 Å². The van der Waals surface area contributed by atoms with Crippen LogP contribution in [0, 0.1) is 20.8 Å². The molecule has 9 nitrogen and oxygen atoms in total. The van der Waals surface area contributed by atoms with E-state index in [2.05, 4.69) is 104 Å². The average Bonchev–Trinajstić information content (AvgIpc) is 3.06. The molecule has 0 spiro atoms. The molecule has 256 valence electrons. The number of hydrazine groups is 1. The van der Waals surface area contributed by atoms with Crippen molar-refractivity contribution in [2.24, 2.45) is 5.73 Å². The van der Waals surface area contributed by atoms with Crippen LogP contribution >= 0.6 is 0 Å². The van der Waals surface area contributed by atoms with Gasteiger partial charge in [0, 0.05) is 74.0 Å². The van der Waals surface area contributed by atoms with Gasteiger partial charge in [-0.15, -0.1) is 0 Å². The maximum absolute atomic E-state index is 13.9. The minimum atomic E-state index is -0.820. The molecule has 1 unspecified atom stereocenters. The minimum Gasteiger partial charge on any atom is -0.372 e. The third kappa shape index (κ3) is 9.41. The fourth-order valence-corrected chi connectivity index (χ4v) is 5.96. The van der Waals surface area contributed by atoms with Crippen molar-refractivity contribution in [3.63, 3.8) is 0 Å². The Morgan fingerprint density at radius 3 is 1.60 bits per heavy atom. The molecule has 0 aliphatic rings. The fraction of sp³-hybridized carbons (Fsp3) is 0.474. The smallest absolute Gasteiger partial charge is 0.224 e. The van der Waals surface area contributed by atoms with Gasteiger partial charge in [0.25, 0.3) is 0 Å². The van der Waals surface area contributed by atoms with Crippen molar-refractivity contribution in [3.8, 4) is 0 Å². The van der Waals surface area contributed by atoms with Crippen LogP contribution in [0.3, 0.4) is 0 Å². The number of anilines is 6. The monoisotopic (exact) mass is 643 g/mol. The van der Waals surface area contributed by atoms with E-state index in [1.165, 1.54) is 5.69 Å². The number of benzene rings is 3. The molecule has 0 bridgehead atoms. The van der Waals surface area contributed by atoms with Gasteiger partial charge in [0.05, 0.1) is 17.4 Å². The maximum atomic E-state index is 13.9. The number of aryl methyl sites for hydroxylation is 3. The molecule has 0 saturated heterocycles. The summed E-state index contributed by atoms with van der Waals surface area (Å²) in [7, 11) is 0. The van der Waals surface area contributed by atoms with Crippen LogP contribution in [0.2, 0.25) is 0 Å². The molecule has 0 heterocycles. The first-order valence-electron chi connectivity index (χ1n) is 17.2. The number of nitrogens with one attached hydrogen (secondary N) is 3. The van der Waals surface area contributed by atoms with Crippen molar-refractivity contribution in [2.75, 3.05) is 70.1 Å². The van der Waals surface area contributed by atoms with Crippen LogP contribution in [0.1, 0.15) is 81.4 Å². The van der Waals surface area contributed by atoms with Gasteiger partial charge >= 0.3 is 0 Å². The summed E-state index contributed by atoms with van der Waals surface area (Å²) in [5.74, 6) is -0.337. The van der Waals surface area contributed by atoms with E-state index in [0.717, 1.165) is 84.4 Å². The van der Waals surface area contributed by atoms with Gasteiger partial charge in [0.15, 0.2) is 5.78 Å². The van der Waals surface area contributed by atoms with Crippen molar-refractivity contribution < 1.29 is 9.59 Å². The first-order chi connectivity index (χ1) is 22.5. The van der Waals surface area contributed by atoms with Crippen LogP contribution in [0.4, 0.5) is 34.1 Å². The number of carbonyl (C=O) groups is 2. The van der Waals surface area contributed by atoms with Gasteiger partial charge in [0.1, 0.15) is 0 Å². The van der Waals surface area contributed by atoms with E-state index in [0.29, 0.717) is 5.56 Å². The topological polar surface area (TPSA) is 106 Å². The Morgan fingerprint density at radius 2 is 1.11 bits per heavy atom. The molecule has 0 radical (unpaired) electrons. The highest BCUT2D eigenvalue weighted by molar-refractivity contribution is 6.06. The van der Waals surface area contributed by atoms with E-state index >= 15 is 0 Å². The van der Waals surface area contributed by atoms with Gasteiger partial charge in [-0.25, -0.2) is 0 Å². The van der Waals surface area contributed by atoms with Crippen LogP contribution in [0.5, 0.6) is 0 Å². The Balaban J connectivity index is 1.76. The predicted molar refractivity (Wildman–Crippen MR) is 202 cm³/mol. The second-order valence-corrected chi connectivity index (χ2v) is 12.0. The normalized spacial score (nSPS) is 11.5. The lowest BCUT2D eigenvalue weighted by molar-refractivity contribution is -0.116. The van der Waals surface area contributed by atoms with E-state index in [1.807, 2.05) is 38.1 Å². The van der Waals surface area contributed by atoms with Crippen LogP contribution in [-0.2, 0) is 4.79 Å². The lowest BCUT2D eigenvalue weighted by atomic mass is 9.96. The first kappa shape index (κ1) is 37.2. The number of ketones is 1. The second-order valence-electron chi connectivity index (χ2n) is 12.0. The summed E-state index contributed by atoms with van der Waals surface area (Å²) >= 11 is 0. The summed E-state index contributed by atoms with van der Waals surface area (Å²) < 4.78 is 0. The van der Waals surface area contributed by atoms with Gasteiger partial charge in [0.2, 0.25) is 5.91 Å². The first-order valence-corrected chi connectivity index (χ1v) is 17.2. The zero-order valence-electron chi connectivity index (χ0n) is 30.1. The summed E-state index contributed by atoms with van der Waals surface area (Å²) in [6.07, 6.45) is 0.387. The number of amides is 1. The third-order valence-electron chi connectivity index (χ3n) is 9.01. The molecule has 0 aliphatic carbocycles. The van der Waals surface area contributed by atoms with E-state index in [4.69, 9.17) is 5.73 Å². The second kappa shape index (κ2) is 17.6. The van der Waals surface area contributed by atoms with E-state index in [1.54, 1.807) is 0 Å². The molecule has 1 amide bonds. The van der Waals surface area contributed by atoms with Crippen molar-refractivity contribution >= 4 is 45.8 Å². The van der Waals surface area contributed by atoms with Gasteiger partial charge in [-0.2, -0.15) is 0 Å². The molecule has 0 fully saturated rings. The predicted octanol–water partition coefficient (Wildman–Crippen LogP) is 7.52. The molecule has 3 aromatic rings. The molecule has 1 atom stereocenters. The van der Waals surface area contributed by atoms with Crippen LogP contribution in [0.15, 0.2) is 48.5 Å². The summed E-state index contributed by atoms with van der Waals surface area (Å²) in [5, 5.41) is 3.01. The molecule has 5 N–H and O–H groups in total. The van der Waals surface area contributed by atoms with E-state index < -0.39 is 6.04 Å². The third-order valence-corrected chi connectivity index (χ3v) is 9.01. The number of nitrogens with zero attached hydrogens (tertiary/aromatic N) is 3. The van der Waals surface area contributed by atoms with Crippen molar-refractivity contribution in [1.29, 1.82) is 0 Å². The lowest BCUT2D eigenvalue weighted by Crippen LogP contribution is -2.34. The maximum Gasteiger partial charge on any atom is 0.224 e. The molecular weight excluding hydrogens is 586 g/mol. The highest BCUT2D eigenvalue weighted by Crippen LogP contribution is 2.31. The highest BCUT2D eigenvalue weighted by Gasteiger charge is 2.24. The van der Waals surface area contributed by atoms with Gasteiger partial charge in [-0.3, -0.25) is 9.59 Å². The fourth-order valence-electron chi connectivity index (χ4n) is 5.96. The quantitative estimate of drug-likeness (QED) is 0.0834.